The first kappa shape index (κ1) is 18.8. The van der Waals surface area contributed by atoms with Gasteiger partial charge in [-0.2, -0.15) is 0 Å². The second-order valence-corrected chi connectivity index (χ2v) is 6.45. The maximum absolute atomic E-state index is 12.4. The number of carboxylic acid groups (broad SMARTS) is 1. The lowest BCUT2D eigenvalue weighted by Gasteiger charge is -2.45. The zero-order chi connectivity index (χ0) is 19.3. The molecule has 0 aliphatic heterocycles. The monoisotopic (exact) mass is 362 g/mol. The van der Waals surface area contributed by atoms with Gasteiger partial charge in [0.15, 0.2) is 0 Å². The quantitative estimate of drug-likeness (QED) is 0.632. The van der Waals surface area contributed by atoms with Crippen molar-refractivity contribution in [3.8, 4) is 0 Å². The molecule has 0 heterocycles. The fraction of sp³-hybridized carbons (Fsp3) is 0.174. The molecule has 1 unspecified atom stereocenters. The minimum atomic E-state index is -2.23. The zero-order valence-electron chi connectivity index (χ0n) is 15.1. The fourth-order valence-corrected chi connectivity index (χ4v) is 3.82. The SMILES string of the molecule is COCC(O)(C(=O)O)C(c1ccccc1)(c1ccccc1)c1ccccc1. The summed E-state index contributed by atoms with van der Waals surface area (Å²) in [6, 6.07) is 27.6. The highest BCUT2D eigenvalue weighted by atomic mass is 16.5. The molecule has 3 aromatic rings. The van der Waals surface area contributed by atoms with Crippen LogP contribution in [0.15, 0.2) is 91.0 Å². The number of benzene rings is 3. The summed E-state index contributed by atoms with van der Waals surface area (Å²) in [7, 11) is 1.39. The molecule has 0 radical (unpaired) electrons. The number of aliphatic hydroxyl groups is 1. The highest BCUT2D eigenvalue weighted by molar-refractivity contribution is 5.83. The lowest BCUT2D eigenvalue weighted by molar-refractivity contribution is -0.170. The number of hydrogen-bond acceptors (Lipinski definition) is 3. The van der Waals surface area contributed by atoms with Crippen LogP contribution in [-0.4, -0.2) is 35.5 Å². The summed E-state index contributed by atoms with van der Waals surface area (Å²) in [4.78, 5) is 12.4. The standard InChI is InChI=1S/C23H22O4/c1-27-17-22(26,21(24)25)23(18-11-5-2-6-12-18,19-13-7-3-8-14-19)20-15-9-4-10-16-20/h2-16,26H,17H2,1H3,(H,24,25). The summed E-state index contributed by atoms with van der Waals surface area (Å²) >= 11 is 0. The zero-order valence-corrected chi connectivity index (χ0v) is 15.1. The van der Waals surface area contributed by atoms with Crippen LogP contribution in [0, 0.1) is 0 Å². The Kier molecular flexibility index (Phi) is 5.40. The van der Waals surface area contributed by atoms with E-state index in [1.165, 1.54) is 7.11 Å². The molecule has 0 fully saturated rings. The van der Waals surface area contributed by atoms with Gasteiger partial charge in [0, 0.05) is 7.11 Å². The van der Waals surface area contributed by atoms with E-state index in [1.807, 2.05) is 91.0 Å². The Morgan fingerprint density at radius 3 is 1.37 bits per heavy atom. The molecule has 0 spiro atoms. The molecule has 1 atom stereocenters. The van der Waals surface area contributed by atoms with Crippen LogP contribution in [0.1, 0.15) is 16.7 Å². The van der Waals surface area contributed by atoms with E-state index in [1.54, 1.807) is 0 Å². The van der Waals surface area contributed by atoms with Crippen LogP contribution in [0.3, 0.4) is 0 Å². The van der Waals surface area contributed by atoms with E-state index in [4.69, 9.17) is 4.74 Å². The van der Waals surface area contributed by atoms with Gasteiger partial charge in [-0.25, -0.2) is 4.79 Å². The number of hydrogen-bond donors (Lipinski definition) is 2. The lowest BCUT2D eigenvalue weighted by atomic mass is 9.59. The number of carboxylic acids is 1. The molecule has 2 N–H and O–H groups in total. The second kappa shape index (κ2) is 7.74. The van der Waals surface area contributed by atoms with Crippen molar-refractivity contribution in [2.75, 3.05) is 13.7 Å². The highest BCUT2D eigenvalue weighted by Crippen LogP contribution is 2.47. The number of methoxy groups -OCH3 is 1. The third-order valence-electron chi connectivity index (χ3n) is 4.95. The number of carbonyl (C=O) groups is 1. The summed E-state index contributed by atoms with van der Waals surface area (Å²) < 4.78 is 5.21. The van der Waals surface area contributed by atoms with Crippen molar-refractivity contribution in [3.63, 3.8) is 0 Å². The van der Waals surface area contributed by atoms with Crippen molar-refractivity contribution in [1.29, 1.82) is 0 Å². The third-order valence-corrected chi connectivity index (χ3v) is 4.95. The summed E-state index contributed by atoms with van der Waals surface area (Å²) in [6.45, 7) is -0.374. The maximum atomic E-state index is 12.4. The van der Waals surface area contributed by atoms with E-state index in [9.17, 15) is 15.0 Å². The summed E-state index contributed by atoms with van der Waals surface area (Å²) in [6.07, 6.45) is 0. The van der Waals surface area contributed by atoms with E-state index in [2.05, 4.69) is 0 Å². The molecule has 4 heteroatoms. The normalized spacial score (nSPS) is 13.7. The molecule has 0 bridgehead atoms. The Labute approximate surface area is 158 Å². The Bertz CT molecular complexity index is 781. The van der Waals surface area contributed by atoms with Crippen molar-refractivity contribution in [3.05, 3.63) is 108 Å². The smallest absolute Gasteiger partial charge is 0.339 e. The Morgan fingerprint density at radius 2 is 1.11 bits per heavy atom. The van der Waals surface area contributed by atoms with Gasteiger partial charge in [-0.3, -0.25) is 0 Å². The maximum Gasteiger partial charge on any atom is 0.339 e. The van der Waals surface area contributed by atoms with Crippen LogP contribution < -0.4 is 0 Å². The number of ether oxygens (including phenoxy) is 1. The highest BCUT2D eigenvalue weighted by Gasteiger charge is 2.59. The van der Waals surface area contributed by atoms with Crippen LogP contribution in [0.4, 0.5) is 0 Å². The molecule has 27 heavy (non-hydrogen) atoms. The summed E-state index contributed by atoms with van der Waals surface area (Å²) in [5.41, 5.74) is -1.58. The Balaban J connectivity index is 2.49. The summed E-state index contributed by atoms with van der Waals surface area (Å²) in [5.74, 6) is -1.35. The topological polar surface area (TPSA) is 66.8 Å². The van der Waals surface area contributed by atoms with Gasteiger partial charge in [0.25, 0.3) is 0 Å². The molecule has 4 nitrogen and oxygen atoms in total. The van der Waals surface area contributed by atoms with Gasteiger partial charge in [0.2, 0.25) is 5.60 Å². The van der Waals surface area contributed by atoms with Crippen LogP contribution in [0.2, 0.25) is 0 Å². The first-order chi connectivity index (χ1) is 13.1. The molecule has 0 saturated carbocycles. The molecule has 0 amide bonds. The average Bonchev–Trinajstić information content (AvgIpc) is 2.71. The molecular weight excluding hydrogens is 340 g/mol. The van der Waals surface area contributed by atoms with Gasteiger partial charge < -0.3 is 14.9 Å². The van der Waals surface area contributed by atoms with Gasteiger partial charge in [0.05, 0.1) is 12.0 Å². The van der Waals surface area contributed by atoms with Gasteiger partial charge in [-0.1, -0.05) is 91.0 Å². The molecule has 0 aliphatic rings. The largest absolute Gasteiger partial charge is 0.479 e. The molecule has 3 rings (SSSR count). The van der Waals surface area contributed by atoms with Gasteiger partial charge in [0.1, 0.15) is 0 Å². The van der Waals surface area contributed by atoms with Crippen molar-refractivity contribution in [1.82, 2.24) is 0 Å². The molecular formula is C23H22O4. The Hall–Kier alpha value is -2.95. The number of aliphatic carboxylic acids is 1. The van der Waals surface area contributed by atoms with Crippen LogP contribution in [0.25, 0.3) is 0 Å². The van der Waals surface area contributed by atoms with Gasteiger partial charge >= 0.3 is 5.97 Å². The van der Waals surface area contributed by atoms with E-state index < -0.39 is 17.0 Å². The van der Waals surface area contributed by atoms with E-state index >= 15 is 0 Å². The van der Waals surface area contributed by atoms with Crippen LogP contribution in [0.5, 0.6) is 0 Å². The third kappa shape index (κ3) is 3.03. The van der Waals surface area contributed by atoms with Gasteiger partial charge in [-0.05, 0) is 16.7 Å². The van der Waals surface area contributed by atoms with E-state index in [-0.39, 0.29) is 6.61 Å². The van der Waals surface area contributed by atoms with Crippen molar-refractivity contribution in [2.24, 2.45) is 0 Å². The summed E-state index contributed by atoms with van der Waals surface area (Å²) in [5, 5.41) is 21.8. The molecule has 138 valence electrons. The molecule has 3 aromatic carbocycles. The minimum Gasteiger partial charge on any atom is -0.479 e. The first-order valence-corrected chi connectivity index (χ1v) is 8.68. The predicted octanol–water partition coefficient (Wildman–Crippen LogP) is 3.48. The minimum absolute atomic E-state index is 0.374. The first-order valence-electron chi connectivity index (χ1n) is 8.68. The number of rotatable bonds is 7. The average molecular weight is 362 g/mol. The second-order valence-electron chi connectivity index (χ2n) is 6.45. The predicted molar refractivity (Wildman–Crippen MR) is 104 cm³/mol. The molecule has 0 aliphatic carbocycles. The fourth-order valence-electron chi connectivity index (χ4n) is 3.82. The van der Waals surface area contributed by atoms with Crippen LogP contribution in [-0.2, 0) is 14.9 Å². The lowest BCUT2D eigenvalue weighted by Crippen LogP contribution is -2.61. The molecule has 0 aromatic heterocycles. The van der Waals surface area contributed by atoms with Gasteiger partial charge in [-0.15, -0.1) is 0 Å². The van der Waals surface area contributed by atoms with Crippen molar-refractivity contribution in [2.45, 2.75) is 11.0 Å². The van der Waals surface area contributed by atoms with E-state index in [0.717, 1.165) is 0 Å². The molecule has 0 saturated heterocycles. The Morgan fingerprint density at radius 1 is 0.778 bits per heavy atom. The van der Waals surface area contributed by atoms with Crippen molar-refractivity contribution < 1.29 is 19.7 Å². The van der Waals surface area contributed by atoms with Crippen LogP contribution >= 0.6 is 0 Å². The van der Waals surface area contributed by atoms with Crippen molar-refractivity contribution >= 4 is 5.97 Å². The van der Waals surface area contributed by atoms with E-state index in [0.29, 0.717) is 16.7 Å².